The molecule has 0 aromatic heterocycles. The van der Waals surface area contributed by atoms with Gasteiger partial charge in [0.15, 0.2) is 11.5 Å². The summed E-state index contributed by atoms with van der Waals surface area (Å²) in [7, 11) is 0. The van der Waals surface area contributed by atoms with Crippen molar-refractivity contribution >= 4 is 11.5 Å². The Kier molecular flexibility index (Phi) is 6.22. The van der Waals surface area contributed by atoms with Crippen molar-refractivity contribution < 1.29 is 9.53 Å². The van der Waals surface area contributed by atoms with Crippen molar-refractivity contribution in [2.24, 2.45) is 5.92 Å². The van der Waals surface area contributed by atoms with Crippen molar-refractivity contribution in [3.63, 3.8) is 0 Å². The molecule has 2 aliphatic rings. The van der Waals surface area contributed by atoms with E-state index in [4.69, 9.17) is 4.74 Å². The molecule has 0 atom stereocenters. The molecule has 2 heterocycles. The van der Waals surface area contributed by atoms with E-state index in [1.807, 2.05) is 42.5 Å². The molecule has 32 heavy (non-hydrogen) atoms. The van der Waals surface area contributed by atoms with Crippen molar-refractivity contribution in [3.05, 3.63) is 89.5 Å². The van der Waals surface area contributed by atoms with E-state index < -0.39 is 0 Å². The number of nitrogens with one attached hydrogen (secondary N) is 1. The van der Waals surface area contributed by atoms with Crippen LogP contribution in [0, 0.1) is 5.92 Å². The summed E-state index contributed by atoms with van der Waals surface area (Å²) >= 11 is 0. The number of rotatable bonds is 6. The maximum atomic E-state index is 12.9. The Morgan fingerprint density at radius 3 is 2.56 bits per heavy atom. The normalized spacial score (nSPS) is 16.2. The standard InChI is InChI=1S/C28H30N2O2/c31-26(12-10-21-14-16-30(17-15-21)20-22-6-2-1-3-7-22)23-11-13-27-24(18-23)19-29-25-8-4-5-9-28(25)32-27/h1-9,11,13,18,21,29H,10,12,14-17,19-20H2. The van der Waals surface area contributed by atoms with Crippen LogP contribution < -0.4 is 10.1 Å². The predicted octanol–water partition coefficient (Wildman–Crippen LogP) is 6.28. The first-order valence-electron chi connectivity index (χ1n) is 11.7. The topological polar surface area (TPSA) is 41.6 Å². The highest BCUT2D eigenvalue weighted by Crippen LogP contribution is 2.36. The average molecular weight is 427 g/mol. The molecule has 0 saturated carbocycles. The Bertz CT molecular complexity index is 1070. The lowest BCUT2D eigenvalue weighted by Crippen LogP contribution is -2.33. The number of fused-ring (bicyclic) bond motifs is 2. The maximum Gasteiger partial charge on any atom is 0.162 e. The average Bonchev–Trinajstić information content (AvgIpc) is 3.03. The molecule has 0 aliphatic carbocycles. The van der Waals surface area contributed by atoms with Gasteiger partial charge in [-0.3, -0.25) is 9.69 Å². The summed E-state index contributed by atoms with van der Waals surface area (Å²) in [5, 5.41) is 3.41. The number of para-hydroxylation sites is 2. The highest BCUT2D eigenvalue weighted by molar-refractivity contribution is 5.96. The Labute approximate surface area is 190 Å². The van der Waals surface area contributed by atoms with E-state index in [9.17, 15) is 4.79 Å². The number of hydrogen-bond donors (Lipinski definition) is 1. The molecule has 4 nitrogen and oxygen atoms in total. The van der Waals surface area contributed by atoms with E-state index in [0.29, 0.717) is 18.9 Å². The SMILES string of the molecule is O=C(CCC1CCN(Cc2ccccc2)CC1)c1ccc2c(c1)CNc1ccccc1O2. The molecule has 0 bridgehead atoms. The van der Waals surface area contributed by atoms with Gasteiger partial charge >= 0.3 is 0 Å². The number of Topliss-reactive ketones (excluding diaryl/α,β-unsaturated/α-hetero) is 1. The van der Waals surface area contributed by atoms with Gasteiger partial charge in [0.25, 0.3) is 0 Å². The van der Waals surface area contributed by atoms with Crippen LogP contribution in [0.1, 0.15) is 47.2 Å². The number of ketones is 1. The van der Waals surface area contributed by atoms with Crippen LogP contribution in [0.5, 0.6) is 11.5 Å². The summed E-state index contributed by atoms with van der Waals surface area (Å²) in [6, 6.07) is 24.5. The second-order valence-electron chi connectivity index (χ2n) is 8.94. The van der Waals surface area contributed by atoms with Gasteiger partial charge in [-0.05, 0) is 74.2 Å². The summed E-state index contributed by atoms with van der Waals surface area (Å²) in [4.78, 5) is 15.4. The fourth-order valence-corrected chi connectivity index (χ4v) is 4.76. The van der Waals surface area contributed by atoms with Gasteiger partial charge < -0.3 is 10.1 Å². The van der Waals surface area contributed by atoms with Crippen LogP contribution in [-0.2, 0) is 13.1 Å². The minimum atomic E-state index is 0.237. The third-order valence-electron chi connectivity index (χ3n) is 6.69. The molecule has 5 rings (SSSR count). The molecular weight excluding hydrogens is 396 g/mol. The highest BCUT2D eigenvalue weighted by Gasteiger charge is 2.21. The quantitative estimate of drug-likeness (QED) is 0.471. The van der Waals surface area contributed by atoms with Crippen molar-refractivity contribution in [2.75, 3.05) is 18.4 Å². The number of nitrogens with zero attached hydrogens (tertiary/aromatic N) is 1. The van der Waals surface area contributed by atoms with Crippen molar-refractivity contribution in [1.29, 1.82) is 0 Å². The summed E-state index contributed by atoms with van der Waals surface area (Å²) in [5.41, 5.74) is 4.18. The van der Waals surface area contributed by atoms with E-state index >= 15 is 0 Å². The van der Waals surface area contributed by atoms with Crippen LogP contribution in [-0.4, -0.2) is 23.8 Å². The minimum Gasteiger partial charge on any atom is -0.455 e. The maximum absolute atomic E-state index is 12.9. The summed E-state index contributed by atoms with van der Waals surface area (Å²) < 4.78 is 6.07. The molecule has 164 valence electrons. The van der Waals surface area contributed by atoms with Gasteiger partial charge in [-0.15, -0.1) is 0 Å². The monoisotopic (exact) mass is 426 g/mol. The van der Waals surface area contributed by atoms with E-state index in [2.05, 4.69) is 40.5 Å². The molecule has 0 spiro atoms. The van der Waals surface area contributed by atoms with E-state index in [1.54, 1.807) is 0 Å². The lowest BCUT2D eigenvalue weighted by atomic mass is 9.90. The molecular formula is C28H30N2O2. The van der Waals surface area contributed by atoms with Gasteiger partial charge in [-0.1, -0.05) is 42.5 Å². The molecule has 3 aromatic rings. The Morgan fingerprint density at radius 2 is 1.72 bits per heavy atom. The number of benzene rings is 3. The summed E-state index contributed by atoms with van der Waals surface area (Å²) in [6.45, 7) is 3.93. The van der Waals surface area contributed by atoms with E-state index in [-0.39, 0.29) is 5.78 Å². The smallest absolute Gasteiger partial charge is 0.162 e. The fraction of sp³-hybridized carbons (Fsp3) is 0.321. The van der Waals surface area contributed by atoms with Crippen molar-refractivity contribution in [2.45, 2.75) is 38.8 Å². The zero-order chi connectivity index (χ0) is 21.8. The van der Waals surface area contributed by atoms with Crippen LogP contribution in [0.25, 0.3) is 0 Å². The lowest BCUT2D eigenvalue weighted by molar-refractivity contribution is 0.0961. The van der Waals surface area contributed by atoms with Gasteiger partial charge in [0, 0.05) is 30.6 Å². The zero-order valence-corrected chi connectivity index (χ0v) is 18.4. The first kappa shape index (κ1) is 20.8. The predicted molar refractivity (Wildman–Crippen MR) is 128 cm³/mol. The number of carbonyl (C=O) groups excluding carboxylic acids is 1. The van der Waals surface area contributed by atoms with Crippen LogP contribution in [0.4, 0.5) is 5.69 Å². The van der Waals surface area contributed by atoms with E-state index in [0.717, 1.165) is 54.4 Å². The number of anilines is 1. The van der Waals surface area contributed by atoms with Crippen LogP contribution in [0.15, 0.2) is 72.8 Å². The molecule has 2 aliphatic heterocycles. The zero-order valence-electron chi connectivity index (χ0n) is 18.4. The highest BCUT2D eigenvalue weighted by atomic mass is 16.5. The molecule has 0 amide bonds. The van der Waals surface area contributed by atoms with Crippen LogP contribution in [0.3, 0.4) is 0 Å². The second-order valence-corrected chi connectivity index (χ2v) is 8.94. The number of ether oxygens (including phenoxy) is 1. The van der Waals surface area contributed by atoms with Gasteiger partial charge in [0.05, 0.1) is 5.69 Å². The largest absolute Gasteiger partial charge is 0.455 e. The van der Waals surface area contributed by atoms with Crippen molar-refractivity contribution in [1.82, 2.24) is 4.90 Å². The Morgan fingerprint density at radius 1 is 0.938 bits per heavy atom. The molecule has 3 aromatic carbocycles. The molecule has 0 unspecified atom stereocenters. The summed E-state index contributed by atoms with van der Waals surface area (Å²) in [6.07, 6.45) is 3.96. The Hall–Kier alpha value is -3.11. The van der Waals surface area contributed by atoms with Gasteiger partial charge in [0.2, 0.25) is 0 Å². The number of likely N-dealkylation sites (tertiary alicyclic amines) is 1. The third kappa shape index (κ3) is 4.86. The van der Waals surface area contributed by atoms with Crippen LogP contribution in [0.2, 0.25) is 0 Å². The lowest BCUT2D eigenvalue weighted by Gasteiger charge is -2.32. The van der Waals surface area contributed by atoms with Gasteiger partial charge in [0.1, 0.15) is 5.75 Å². The molecule has 1 saturated heterocycles. The van der Waals surface area contributed by atoms with Crippen LogP contribution >= 0.6 is 0 Å². The van der Waals surface area contributed by atoms with Gasteiger partial charge in [-0.25, -0.2) is 0 Å². The number of carbonyl (C=O) groups is 1. The molecule has 1 fully saturated rings. The first-order valence-corrected chi connectivity index (χ1v) is 11.7. The van der Waals surface area contributed by atoms with Crippen molar-refractivity contribution in [3.8, 4) is 11.5 Å². The minimum absolute atomic E-state index is 0.237. The molecule has 0 radical (unpaired) electrons. The molecule has 1 N–H and O–H groups in total. The fourth-order valence-electron chi connectivity index (χ4n) is 4.76. The molecule has 4 heteroatoms. The van der Waals surface area contributed by atoms with Gasteiger partial charge in [-0.2, -0.15) is 0 Å². The first-order chi connectivity index (χ1) is 15.7. The Balaban J connectivity index is 1.13. The number of piperidine rings is 1. The van der Waals surface area contributed by atoms with E-state index in [1.165, 1.54) is 18.4 Å². The third-order valence-corrected chi connectivity index (χ3v) is 6.69. The number of hydrogen-bond acceptors (Lipinski definition) is 4. The summed E-state index contributed by atoms with van der Waals surface area (Å²) in [5.74, 6) is 2.53. The second kappa shape index (κ2) is 9.58.